The fourth-order valence-electron chi connectivity index (χ4n) is 10.3. The van der Waals surface area contributed by atoms with E-state index in [-0.39, 0.29) is 16.4 Å². The maximum atomic E-state index is 5.68. The fraction of sp³-hybridized carbons (Fsp3) is 0.217. The molecule has 1 spiro atoms. The van der Waals surface area contributed by atoms with Gasteiger partial charge in [-0.05, 0) is 111 Å². The van der Waals surface area contributed by atoms with Crippen LogP contribution < -0.4 is 9.64 Å². The lowest BCUT2D eigenvalue weighted by Crippen LogP contribution is -2.54. The van der Waals surface area contributed by atoms with Crippen LogP contribution in [0.15, 0.2) is 133 Å². The molecule has 10 rings (SSSR count). The molecule has 3 aliphatic carbocycles. The molecule has 0 amide bonds. The first-order valence-corrected chi connectivity index (χ1v) is 17.5. The predicted molar refractivity (Wildman–Crippen MR) is 198 cm³/mol. The highest BCUT2D eigenvalue weighted by Gasteiger charge is 2.58. The highest BCUT2D eigenvalue weighted by atomic mass is 16.5. The number of methoxy groups -OCH3 is 1. The van der Waals surface area contributed by atoms with E-state index in [2.05, 4.69) is 146 Å². The van der Waals surface area contributed by atoms with E-state index < -0.39 is 0 Å². The minimum Gasteiger partial charge on any atom is -0.497 e. The van der Waals surface area contributed by atoms with Gasteiger partial charge >= 0.3 is 0 Å². The molecule has 48 heavy (non-hydrogen) atoms. The summed E-state index contributed by atoms with van der Waals surface area (Å²) in [7, 11) is 1.76. The Balaban J connectivity index is 1.16. The van der Waals surface area contributed by atoms with Crippen molar-refractivity contribution in [2.45, 2.75) is 55.9 Å². The van der Waals surface area contributed by atoms with E-state index >= 15 is 0 Å². The summed E-state index contributed by atoms with van der Waals surface area (Å²) < 4.78 is 5.68. The Morgan fingerprint density at radius 2 is 1.10 bits per heavy atom. The first-order chi connectivity index (χ1) is 23.5. The molecule has 4 aliphatic rings. The van der Waals surface area contributed by atoms with E-state index in [0.29, 0.717) is 0 Å². The minimum atomic E-state index is -0.301. The Hall–Kier alpha value is -5.08. The molecular weight excluding hydrogens is 583 g/mol. The molecule has 0 N–H and O–H groups in total. The van der Waals surface area contributed by atoms with Gasteiger partial charge in [0.25, 0.3) is 0 Å². The smallest absolute Gasteiger partial charge is 0.120 e. The van der Waals surface area contributed by atoms with Crippen molar-refractivity contribution in [3.63, 3.8) is 0 Å². The second kappa shape index (κ2) is 9.73. The lowest BCUT2D eigenvalue weighted by molar-refractivity contribution is 0.195. The molecular formula is C46H39NO. The lowest BCUT2D eigenvalue weighted by atomic mass is 9.61. The summed E-state index contributed by atoms with van der Waals surface area (Å²) in [5.41, 5.74) is 17.3. The third kappa shape index (κ3) is 3.33. The summed E-state index contributed by atoms with van der Waals surface area (Å²) in [5.74, 6) is 0.905. The molecule has 0 saturated heterocycles. The molecule has 1 aliphatic heterocycles. The summed E-state index contributed by atoms with van der Waals surface area (Å²) in [6.07, 6.45) is 4.89. The topological polar surface area (TPSA) is 12.5 Å². The van der Waals surface area contributed by atoms with E-state index in [9.17, 15) is 0 Å². The van der Waals surface area contributed by atoms with Crippen LogP contribution in [0, 0.1) is 0 Å². The quantitative estimate of drug-likeness (QED) is 0.195. The van der Waals surface area contributed by atoms with Gasteiger partial charge in [0.1, 0.15) is 5.75 Å². The molecule has 1 heterocycles. The minimum absolute atomic E-state index is 0.00885. The van der Waals surface area contributed by atoms with Gasteiger partial charge in [-0.3, -0.25) is 0 Å². The zero-order chi connectivity index (χ0) is 32.3. The van der Waals surface area contributed by atoms with Crippen LogP contribution >= 0.6 is 0 Å². The van der Waals surface area contributed by atoms with Crippen molar-refractivity contribution in [2.75, 3.05) is 12.0 Å². The van der Waals surface area contributed by atoms with Crippen molar-refractivity contribution < 1.29 is 4.74 Å². The zero-order valence-electron chi connectivity index (χ0n) is 27.9. The third-order valence-corrected chi connectivity index (χ3v) is 12.7. The Bertz CT molecular complexity index is 2250. The Labute approximate surface area is 283 Å². The van der Waals surface area contributed by atoms with Gasteiger partial charge in [-0.15, -0.1) is 0 Å². The van der Waals surface area contributed by atoms with Gasteiger partial charge in [-0.25, -0.2) is 0 Å². The summed E-state index contributed by atoms with van der Waals surface area (Å²) in [6, 6.07) is 50.4. The van der Waals surface area contributed by atoms with Crippen LogP contribution in [0.3, 0.4) is 0 Å². The third-order valence-electron chi connectivity index (χ3n) is 12.7. The molecule has 6 aromatic carbocycles. The summed E-state index contributed by atoms with van der Waals surface area (Å²) in [6.45, 7) is 5.01. The second-order valence-corrected chi connectivity index (χ2v) is 14.7. The first-order valence-electron chi connectivity index (χ1n) is 17.5. The first kappa shape index (κ1) is 28.0. The van der Waals surface area contributed by atoms with Crippen LogP contribution in [0.1, 0.15) is 67.3 Å². The highest BCUT2D eigenvalue weighted by molar-refractivity contribution is 5.96. The number of anilines is 2. The molecule has 2 nitrogen and oxygen atoms in total. The van der Waals surface area contributed by atoms with Crippen molar-refractivity contribution in [3.05, 3.63) is 161 Å². The molecule has 0 aromatic heterocycles. The molecule has 0 bridgehead atoms. The van der Waals surface area contributed by atoms with Crippen molar-refractivity contribution >= 4 is 11.4 Å². The highest BCUT2D eigenvalue weighted by Crippen LogP contribution is 2.64. The summed E-state index contributed by atoms with van der Waals surface area (Å²) >= 11 is 0. The fourth-order valence-corrected chi connectivity index (χ4v) is 10.3. The zero-order valence-corrected chi connectivity index (χ0v) is 27.9. The van der Waals surface area contributed by atoms with Crippen LogP contribution in [-0.4, -0.2) is 12.6 Å². The van der Waals surface area contributed by atoms with Crippen LogP contribution in [-0.2, 0) is 10.8 Å². The van der Waals surface area contributed by atoms with E-state index in [1.54, 1.807) is 7.11 Å². The van der Waals surface area contributed by atoms with Gasteiger partial charge in [-0.2, -0.15) is 0 Å². The number of rotatable bonds is 3. The van der Waals surface area contributed by atoms with Gasteiger partial charge < -0.3 is 9.64 Å². The monoisotopic (exact) mass is 621 g/mol. The standard InChI is InChI=1S/C46H39NO/c1-44-25-10-11-26-45(44,2)47(32-13-12-14-33(29-32)48-3)43-24-22-31(28-42(43)44)30-21-23-41-37(27-30)36-17-6-9-20-40(36)46(41)38-18-7-4-15-34(38)35-16-5-8-19-39(35)46/h4-9,12-24,27-29H,10-11,25-26H2,1-3H3. The maximum Gasteiger partial charge on any atom is 0.120 e. The van der Waals surface area contributed by atoms with E-state index in [0.717, 1.165) is 5.75 Å². The number of benzene rings is 6. The number of hydrogen-bond donors (Lipinski definition) is 0. The SMILES string of the molecule is COc1cccc(N2c3ccc(-c4ccc5c(c4)-c4ccccc4C54c5ccccc5-c5ccccc54)cc3C3(C)CCCCC23C)c1. The average Bonchev–Trinajstić information content (AvgIpc) is 3.68. The normalized spacial score (nSPS) is 22.0. The summed E-state index contributed by atoms with van der Waals surface area (Å²) in [4.78, 5) is 2.63. The van der Waals surface area contributed by atoms with Gasteiger partial charge in [0.2, 0.25) is 0 Å². The van der Waals surface area contributed by atoms with Gasteiger partial charge in [-0.1, -0.05) is 117 Å². The average molecular weight is 622 g/mol. The van der Waals surface area contributed by atoms with E-state index in [1.165, 1.54) is 98.3 Å². The number of hydrogen-bond acceptors (Lipinski definition) is 2. The van der Waals surface area contributed by atoms with Crippen LogP contribution in [0.5, 0.6) is 5.75 Å². The van der Waals surface area contributed by atoms with E-state index in [1.807, 2.05) is 6.07 Å². The van der Waals surface area contributed by atoms with Crippen molar-refractivity contribution in [2.24, 2.45) is 0 Å². The predicted octanol–water partition coefficient (Wildman–Crippen LogP) is 11.4. The largest absolute Gasteiger partial charge is 0.497 e. The number of nitrogens with zero attached hydrogens (tertiary/aromatic N) is 1. The van der Waals surface area contributed by atoms with Crippen LogP contribution in [0.2, 0.25) is 0 Å². The Morgan fingerprint density at radius 1 is 0.521 bits per heavy atom. The lowest BCUT2D eigenvalue weighted by Gasteiger charge is -2.50. The van der Waals surface area contributed by atoms with E-state index in [4.69, 9.17) is 4.74 Å². The molecule has 6 aromatic rings. The molecule has 2 heteroatoms. The van der Waals surface area contributed by atoms with Crippen molar-refractivity contribution in [1.82, 2.24) is 0 Å². The Morgan fingerprint density at radius 3 is 1.79 bits per heavy atom. The van der Waals surface area contributed by atoms with Crippen LogP contribution in [0.25, 0.3) is 33.4 Å². The molecule has 2 atom stereocenters. The molecule has 2 unspecified atom stereocenters. The molecule has 1 fully saturated rings. The number of ether oxygens (including phenoxy) is 1. The Kier molecular flexibility index (Phi) is 5.67. The van der Waals surface area contributed by atoms with Crippen molar-refractivity contribution in [3.8, 4) is 39.1 Å². The molecule has 234 valence electrons. The van der Waals surface area contributed by atoms with Crippen molar-refractivity contribution in [1.29, 1.82) is 0 Å². The van der Waals surface area contributed by atoms with Gasteiger partial charge in [0, 0.05) is 22.9 Å². The van der Waals surface area contributed by atoms with Gasteiger partial charge in [0.15, 0.2) is 0 Å². The second-order valence-electron chi connectivity index (χ2n) is 14.7. The molecule has 1 saturated carbocycles. The maximum absolute atomic E-state index is 5.68. The number of fused-ring (bicyclic) bond motifs is 13. The van der Waals surface area contributed by atoms with Crippen LogP contribution in [0.4, 0.5) is 11.4 Å². The summed E-state index contributed by atoms with van der Waals surface area (Å²) in [5, 5.41) is 0. The molecule has 0 radical (unpaired) electrons. The van der Waals surface area contributed by atoms with Gasteiger partial charge in [0.05, 0.1) is 18.1 Å².